The summed E-state index contributed by atoms with van der Waals surface area (Å²) in [4.78, 5) is 17.8. The third kappa shape index (κ3) is 5.03. The summed E-state index contributed by atoms with van der Waals surface area (Å²) in [5.74, 6) is 1.44. The van der Waals surface area contributed by atoms with Crippen molar-refractivity contribution in [1.82, 2.24) is 9.55 Å². The standard InChI is InChI=1S/C27H28ClN3O/c1-18(2)15-20-11-13-21(14-12-20)19(3)27-30-24-9-4-5-10-25(24)31(27)17-26(32)29-23-8-6-7-22(28)16-23/h4-14,16,18-19H,15,17H2,1-3H3,(H,29,32). The molecule has 4 rings (SSSR count). The summed E-state index contributed by atoms with van der Waals surface area (Å²) in [5.41, 5.74) is 5.05. The molecule has 0 radical (unpaired) electrons. The van der Waals surface area contributed by atoms with Crippen molar-refractivity contribution < 1.29 is 4.79 Å². The molecule has 0 fully saturated rings. The van der Waals surface area contributed by atoms with E-state index in [1.165, 1.54) is 11.1 Å². The molecule has 4 nitrogen and oxygen atoms in total. The van der Waals surface area contributed by atoms with Crippen LogP contribution in [0.1, 0.15) is 43.6 Å². The molecule has 1 aromatic heterocycles. The van der Waals surface area contributed by atoms with Gasteiger partial charge in [0, 0.05) is 16.6 Å². The van der Waals surface area contributed by atoms with Gasteiger partial charge in [0.05, 0.1) is 11.0 Å². The molecule has 1 N–H and O–H groups in total. The maximum absolute atomic E-state index is 12.9. The largest absolute Gasteiger partial charge is 0.324 e. The maximum atomic E-state index is 12.9. The van der Waals surface area contributed by atoms with Gasteiger partial charge in [0.2, 0.25) is 5.91 Å². The lowest BCUT2D eigenvalue weighted by molar-refractivity contribution is -0.116. The zero-order valence-corrected chi connectivity index (χ0v) is 19.4. The van der Waals surface area contributed by atoms with E-state index in [2.05, 4.69) is 50.4 Å². The molecular formula is C27H28ClN3O. The van der Waals surface area contributed by atoms with Crippen LogP contribution in [0, 0.1) is 5.92 Å². The minimum absolute atomic E-state index is 0.0504. The summed E-state index contributed by atoms with van der Waals surface area (Å²) in [6.45, 7) is 6.78. The third-order valence-electron chi connectivity index (χ3n) is 5.61. The molecule has 164 valence electrons. The summed E-state index contributed by atoms with van der Waals surface area (Å²) >= 11 is 6.06. The Morgan fingerprint density at radius 2 is 1.75 bits per heavy atom. The third-order valence-corrected chi connectivity index (χ3v) is 5.84. The van der Waals surface area contributed by atoms with E-state index >= 15 is 0 Å². The predicted molar refractivity (Wildman–Crippen MR) is 132 cm³/mol. The van der Waals surface area contributed by atoms with Crippen molar-refractivity contribution >= 4 is 34.2 Å². The molecule has 0 saturated heterocycles. The number of aromatic nitrogens is 2. The fraction of sp³-hybridized carbons (Fsp3) is 0.259. The second-order valence-corrected chi connectivity index (χ2v) is 9.10. The van der Waals surface area contributed by atoms with Gasteiger partial charge in [-0.15, -0.1) is 0 Å². The summed E-state index contributed by atoms with van der Waals surface area (Å²) in [7, 11) is 0. The highest BCUT2D eigenvalue weighted by Gasteiger charge is 2.20. The van der Waals surface area contributed by atoms with Crippen LogP contribution >= 0.6 is 11.6 Å². The zero-order chi connectivity index (χ0) is 22.7. The molecule has 0 spiro atoms. The summed E-state index contributed by atoms with van der Waals surface area (Å²) in [6.07, 6.45) is 1.07. The highest BCUT2D eigenvalue weighted by molar-refractivity contribution is 6.30. The molecule has 1 amide bonds. The van der Waals surface area contributed by atoms with E-state index in [0.717, 1.165) is 23.3 Å². The first-order valence-electron chi connectivity index (χ1n) is 11.0. The minimum atomic E-state index is -0.115. The number of halogens is 1. The van der Waals surface area contributed by atoms with Gasteiger partial charge in [-0.3, -0.25) is 4.79 Å². The Labute approximate surface area is 194 Å². The van der Waals surface area contributed by atoms with Crippen molar-refractivity contribution in [1.29, 1.82) is 0 Å². The SMILES string of the molecule is CC(C)Cc1ccc(C(C)c2nc3ccccc3n2CC(=O)Nc2cccc(Cl)c2)cc1. The first-order valence-corrected chi connectivity index (χ1v) is 11.4. The Kier molecular flexibility index (Phi) is 6.61. The van der Waals surface area contributed by atoms with Crippen LogP contribution in [0.5, 0.6) is 0 Å². The van der Waals surface area contributed by atoms with Crippen molar-refractivity contribution in [2.24, 2.45) is 5.92 Å². The average Bonchev–Trinajstić information content (AvgIpc) is 3.12. The molecule has 32 heavy (non-hydrogen) atoms. The fourth-order valence-electron chi connectivity index (χ4n) is 4.06. The smallest absolute Gasteiger partial charge is 0.244 e. The van der Waals surface area contributed by atoms with Crippen LogP contribution in [-0.2, 0) is 17.8 Å². The van der Waals surface area contributed by atoms with Crippen LogP contribution in [0.4, 0.5) is 5.69 Å². The molecule has 0 saturated carbocycles. The number of para-hydroxylation sites is 2. The number of nitrogens with one attached hydrogen (secondary N) is 1. The van der Waals surface area contributed by atoms with Gasteiger partial charge in [-0.2, -0.15) is 0 Å². The van der Waals surface area contributed by atoms with Crippen LogP contribution in [0.15, 0.2) is 72.8 Å². The minimum Gasteiger partial charge on any atom is -0.324 e. The van der Waals surface area contributed by atoms with Crippen molar-refractivity contribution in [3.8, 4) is 0 Å². The van der Waals surface area contributed by atoms with Crippen molar-refractivity contribution in [2.75, 3.05) is 5.32 Å². The van der Waals surface area contributed by atoms with E-state index in [0.29, 0.717) is 16.6 Å². The number of carbonyl (C=O) groups is 1. The molecule has 0 aliphatic heterocycles. The topological polar surface area (TPSA) is 46.9 Å². The first-order chi connectivity index (χ1) is 15.4. The molecule has 5 heteroatoms. The number of fused-ring (bicyclic) bond motifs is 1. The Hall–Kier alpha value is -3.11. The fourth-order valence-corrected chi connectivity index (χ4v) is 4.25. The second-order valence-electron chi connectivity index (χ2n) is 8.66. The Balaban J connectivity index is 1.63. The molecule has 4 aromatic rings. The number of amides is 1. The number of rotatable bonds is 7. The van der Waals surface area contributed by atoms with Gasteiger partial charge in [0.15, 0.2) is 0 Å². The lowest BCUT2D eigenvalue weighted by Gasteiger charge is -2.16. The molecule has 3 aromatic carbocycles. The number of hydrogen-bond donors (Lipinski definition) is 1. The average molecular weight is 446 g/mol. The molecular weight excluding hydrogens is 418 g/mol. The second kappa shape index (κ2) is 9.58. The Bertz CT molecular complexity index is 1230. The zero-order valence-electron chi connectivity index (χ0n) is 18.7. The number of anilines is 1. The van der Waals surface area contributed by atoms with Crippen LogP contribution in [0.3, 0.4) is 0 Å². The number of carbonyl (C=O) groups excluding carboxylic acids is 1. The van der Waals surface area contributed by atoms with Crippen molar-refractivity contribution in [2.45, 2.75) is 39.7 Å². The Morgan fingerprint density at radius 1 is 1.00 bits per heavy atom. The van der Waals surface area contributed by atoms with Crippen LogP contribution in [0.2, 0.25) is 5.02 Å². The number of imidazole rings is 1. The molecule has 1 unspecified atom stereocenters. The maximum Gasteiger partial charge on any atom is 0.244 e. The molecule has 1 heterocycles. The predicted octanol–water partition coefficient (Wildman–Crippen LogP) is 6.68. The van der Waals surface area contributed by atoms with Crippen LogP contribution in [0.25, 0.3) is 11.0 Å². The quantitative estimate of drug-likeness (QED) is 0.345. The summed E-state index contributed by atoms with van der Waals surface area (Å²) in [6, 6.07) is 23.9. The molecule has 0 bridgehead atoms. The van der Waals surface area contributed by atoms with Crippen molar-refractivity contribution in [3.63, 3.8) is 0 Å². The van der Waals surface area contributed by atoms with Gasteiger partial charge in [-0.05, 0) is 53.8 Å². The van der Waals surface area contributed by atoms with E-state index in [-0.39, 0.29) is 18.4 Å². The lowest BCUT2D eigenvalue weighted by Crippen LogP contribution is -2.21. The lowest BCUT2D eigenvalue weighted by atomic mass is 9.96. The molecule has 0 aliphatic carbocycles. The van der Waals surface area contributed by atoms with Gasteiger partial charge in [-0.25, -0.2) is 4.98 Å². The highest BCUT2D eigenvalue weighted by Crippen LogP contribution is 2.28. The summed E-state index contributed by atoms with van der Waals surface area (Å²) < 4.78 is 2.02. The van der Waals surface area contributed by atoms with E-state index in [4.69, 9.17) is 16.6 Å². The van der Waals surface area contributed by atoms with Gasteiger partial charge < -0.3 is 9.88 Å². The molecule has 1 atom stereocenters. The van der Waals surface area contributed by atoms with E-state index in [1.54, 1.807) is 12.1 Å². The van der Waals surface area contributed by atoms with Gasteiger partial charge in [0.1, 0.15) is 12.4 Å². The molecule has 0 aliphatic rings. The highest BCUT2D eigenvalue weighted by atomic mass is 35.5. The van der Waals surface area contributed by atoms with E-state index in [9.17, 15) is 4.79 Å². The number of hydrogen-bond acceptors (Lipinski definition) is 2. The normalized spacial score (nSPS) is 12.3. The summed E-state index contributed by atoms with van der Waals surface area (Å²) in [5, 5.41) is 3.53. The van der Waals surface area contributed by atoms with Gasteiger partial charge >= 0.3 is 0 Å². The Morgan fingerprint density at radius 3 is 2.47 bits per heavy atom. The van der Waals surface area contributed by atoms with Gasteiger partial charge in [0.25, 0.3) is 0 Å². The van der Waals surface area contributed by atoms with Crippen molar-refractivity contribution in [3.05, 3.63) is 94.8 Å². The monoisotopic (exact) mass is 445 g/mol. The number of nitrogens with zero attached hydrogens (tertiary/aromatic N) is 2. The first kappa shape index (κ1) is 22.1. The van der Waals surface area contributed by atoms with Crippen LogP contribution in [-0.4, -0.2) is 15.5 Å². The van der Waals surface area contributed by atoms with E-state index in [1.807, 2.05) is 41.0 Å². The number of benzene rings is 3. The van der Waals surface area contributed by atoms with Crippen LogP contribution < -0.4 is 5.32 Å². The van der Waals surface area contributed by atoms with Gasteiger partial charge in [-0.1, -0.05) is 74.8 Å². The van der Waals surface area contributed by atoms with E-state index < -0.39 is 0 Å².